The fourth-order valence-corrected chi connectivity index (χ4v) is 6.44. The first-order valence-electron chi connectivity index (χ1n) is 14.4. The maximum Gasteiger partial charge on any atom is 0.143 e. The van der Waals surface area contributed by atoms with Crippen molar-refractivity contribution in [2.75, 3.05) is 11.5 Å². The Bertz CT molecular complexity index is 2130. The molecule has 0 unspecified atom stereocenters. The summed E-state index contributed by atoms with van der Waals surface area (Å²) in [4.78, 5) is 22.7. The SMILES string of the molecule is N#Cc1c(N)nc(SCc2ncc[nH]2)c(C#N)c1-c1ccc(O)cc1.N#Cc1c(N)nc(SCc2ncc[nH]2)c(C#N)c1-c1ccc(O)cc1. The average Bonchev–Trinajstić information content (AvgIpc) is 3.85. The van der Waals surface area contributed by atoms with Crippen LogP contribution in [-0.4, -0.2) is 40.1 Å². The Labute approximate surface area is 293 Å². The molecule has 0 spiro atoms. The number of nitrogens with one attached hydrogen (secondary N) is 2. The highest BCUT2D eigenvalue weighted by molar-refractivity contribution is 7.98. The number of H-pyrrole nitrogens is 2. The van der Waals surface area contributed by atoms with E-state index in [1.54, 1.807) is 49.1 Å². The van der Waals surface area contributed by atoms with Crippen LogP contribution in [0.5, 0.6) is 11.5 Å². The number of nitrogens with two attached hydrogens (primary N) is 2. The normalized spacial score (nSPS) is 10.2. The Balaban J connectivity index is 0.000000194. The molecule has 0 radical (unpaired) electrons. The molecule has 4 aromatic heterocycles. The quantitative estimate of drug-likeness (QED) is 0.106. The zero-order chi connectivity index (χ0) is 35.6. The molecule has 244 valence electrons. The summed E-state index contributed by atoms with van der Waals surface area (Å²) in [5, 5.41) is 58.0. The molecule has 8 N–H and O–H groups in total. The second kappa shape index (κ2) is 15.7. The van der Waals surface area contributed by atoms with Crippen LogP contribution in [0.15, 0.2) is 83.4 Å². The molecular weight excluding hydrogens is 673 g/mol. The van der Waals surface area contributed by atoms with Gasteiger partial charge in [-0.25, -0.2) is 19.9 Å². The second-order valence-electron chi connectivity index (χ2n) is 10.0. The fraction of sp³-hybridized carbons (Fsp3) is 0.0588. The highest BCUT2D eigenvalue weighted by Crippen LogP contribution is 2.38. The number of benzene rings is 2. The monoisotopic (exact) mass is 696 g/mol. The number of thioether (sulfide) groups is 2. The maximum absolute atomic E-state index is 9.66. The highest BCUT2D eigenvalue weighted by Gasteiger charge is 2.22. The van der Waals surface area contributed by atoms with E-state index < -0.39 is 0 Å². The minimum atomic E-state index is 0.0616. The summed E-state index contributed by atoms with van der Waals surface area (Å²) in [5.41, 5.74) is 14.8. The van der Waals surface area contributed by atoms with Gasteiger partial charge in [-0.3, -0.25) is 0 Å². The summed E-state index contributed by atoms with van der Waals surface area (Å²) >= 11 is 2.62. The molecule has 6 rings (SSSR count). The number of hydrogen-bond acceptors (Lipinski definition) is 14. The molecule has 0 amide bonds. The molecule has 0 aliphatic heterocycles. The average molecular weight is 697 g/mol. The van der Waals surface area contributed by atoms with Gasteiger partial charge in [-0.05, 0) is 35.4 Å². The second-order valence-corrected chi connectivity index (χ2v) is 12.0. The minimum absolute atomic E-state index is 0.0616. The van der Waals surface area contributed by atoms with Crippen LogP contribution in [0, 0.1) is 45.3 Å². The van der Waals surface area contributed by atoms with Gasteiger partial charge < -0.3 is 31.6 Å². The third-order valence-corrected chi connectivity index (χ3v) is 8.92. The van der Waals surface area contributed by atoms with Crippen molar-refractivity contribution in [1.29, 1.82) is 21.0 Å². The smallest absolute Gasteiger partial charge is 0.143 e. The van der Waals surface area contributed by atoms with Gasteiger partial charge in [0.2, 0.25) is 0 Å². The van der Waals surface area contributed by atoms with Gasteiger partial charge in [0.25, 0.3) is 0 Å². The first-order chi connectivity index (χ1) is 24.3. The van der Waals surface area contributed by atoms with Crippen LogP contribution in [0.3, 0.4) is 0 Å². The van der Waals surface area contributed by atoms with Crippen molar-refractivity contribution in [3.8, 4) is 58.0 Å². The van der Waals surface area contributed by atoms with E-state index in [4.69, 9.17) is 11.5 Å². The third kappa shape index (κ3) is 7.59. The predicted octanol–water partition coefficient (Wildman–Crippen LogP) is 5.59. The van der Waals surface area contributed by atoms with Crippen molar-refractivity contribution < 1.29 is 10.2 Å². The Hall–Kier alpha value is -6.98. The van der Waals surface area contributed by atoms with Crippen molar-refractivity contribution in [3.05, 3.63) is 107 Å². The first-order valence-corrected chi connectivity index (χ1v) is 16.3. The van der Waals surface area contributed by atoms with Crippen molar-refractivity contribution in [3.63, 3.8) is 0 Å². The number of nitrogen functional groups attached to an aromatic ring is 2. The van der Waals surface area contributed by atoms with Crippen molar-refractivity contribution >= 4 is 35.2 Å². The molecule has 0 bridgehead atoms. The largest absolute Gasteiger partial charge is 0.508 e. The van der Waals surface area contributed by atoms with Gasteiger partial charge in [0, 0.05) is 35.9 Å². The Morgan fingerprint density at radius 1 is 0.580 bits per heavy atom. The molecule has 14 nitrogen and oxygen atoms in total. The Kier molecular flexibility index (Phi) is 10.8. The van der Waals surface area contributed by atoms with E-state index in [-0.39, 0.29) is 45.4 Å². The number of anilines is 2. The minimum Gasteiger partial charge on any atom is -0.508 e. The number of aromatic amines is 2. The molecule has 2 aromatic carbocycles. The molecule has 6 aromatic rings. The number of aromatic nitrogens is 6. The summed E-state index contributed by atoms with van der Waals surface area (Å²) in [6.07, 6.45) is 6.71. The summed E-state index contributed by atoms with van der Waals surface area (Å²) < 4.78 is 0. The van der Waals surface area contributed by atoms with Crippen LogP contribution >= 0.6 is 23.5 Å². The van der Waals surface area contributed by atoms with Crippen LogP contribution in [-0.2, 0) is 11.5 Å². The number of hydrogen-bond donors (Lipinski definition) is 6. The lowest BCUT2D eigenvalue weighted by molar-refractivity contribution is 0.475. The predicted molar refractivity (Wildman–Crippen MR) is 187 cm³/mol. The molecule has 4 heterocycles. The Morgan fingerprint density at radius 2 is 0.940 bits per heavy atom. The molecule has 0 atom stereocenters. The van der Waals surface area contributed by atoms with Crippen LogP contribution < -0.4 is 11.5 Å². The first kappa shape index (κ1) is 34.4. The standard InChI is InChI=1S/2C17H12N6OS/c2*18-7-12-15(10-1-3-11(24)4-2-10)13(8-19)17(23-16(12)20)25-9-14-21-5-6-22-14/h2*1-6,24H,9H2,(H2,20,23)(H,21,22). The summed E-state index contributed by atoms with van der Waals surface area (Å²) in [6, 6.07) is 20.8. The van der Waals surface area contributed by atoms with E-state index in [0.717, 1.165) is 11.6 Å². The number of imidazole rings is 2. The van der Waals surface area contributed by atoms with Crippen LogP contribution in [0.4, 0.5) is 11.6 Å². The summed E-state index contributed by atoms with van der Waals surface area (Å²) in [5.74, 6) is 2.75. The zero-order valence-electron chi connectivity index (χ0n) is 25.8. The number of phenols is 2. The molecule has 0 aliphatic carbocycles. The number of nitriles is 4. The molecule has 0 saturated heterocycles. The fourth-order valence-electron chi connectivity index (χ4n) is 4.67. The van der Waals surface area contributed by atoms with Gasteiger partial charge in [-0.15, -0.1) is 0 Å². The lowest BCUT2D eigenvalue weighted by Crippen LogP contribution is -2.03. The number of pyridine rings is 2. The van der Waals surface area contributed by atoms with E-state index in [1.807, 2.05) is 12.1 Å². The maximum atomic E-state index is 9.66. The molecular formula is C34H24N12O2S2. The van der Waals surface area contributed by atoms with E-state index >= 15 is 0 Å². The number of phenolic OH excluding ortho intramolecular Hbond substituents is 2. The lowest BCUT2D eigenvalue weighted by atomic mass is 9.97. The van der Waals surface area contributed by atoms with Crippen molar-refractivity contribution in [2.24, 2.45) is 0 Å². The third-order valence-electron chi connectivity index (χ3n) is 6.94. The van der Waals surface area contributed by atoms with Crippen LogP contribution in [0.1, 0.15) is 33.9 Å². The van der Waals surface area contributed by atoms with E-state index in [9.17, 15) is 31.3 Å². The summed E-state index contributed by atoms with van der Waals surface area (Å²) in [6.45, 7) is 0. The van der Waals surface area contributed by atoms with Gasteiger partial charge in [-0.1, -0.05) is 47.8 Å². The van der Waals surface area contributed by atoms with Crippen LogP contribution in [0.2, 0.25) is 0 Å². The number of rotatable bonds is 8. The van der Waals surface area contributed by atoms with Gasteiger partial charge in [0.1, 0.15) is 80.2 Å². The lowest BCUT2D eigenvalue weighted by Gasteiger charge is -2.12. The molecule has 50 heavy (non-hydrogen) atoms. The van der Waals surface area contributed by atoms with Crippen LogP contribution in [0.25, 0.3) is 22.3 Å². The molecule has 0 fully saturated rings. The molecule has 16 heteroatoms. The molecule has 0 aliphatic rings. The van der Waals surface area contributed by atoms with Gasteiger partial charge in [0.05, 0.1) is 22.6 Å². The van der Waals surface area contributed by atoms with E-state index in [1.165, 1.54) is 47.8 Å². The molecule has 0 saturated carbocycles. The van der Waals surface area contributed by atoms with E-state index in [0.29, 0.717) is 43.8 Å². The highest BCUT2D eigenvalue weighted by atomic mass is 32.2. The number of nitrogens with zero attached hydrogens (tertiary/aromatic N) is 8. The van der Waals surface area contributed by atoms with E-state index in [2.05, 4.69) is 42.0 Å². The van der Waals surface area contributed by atoms with Crippen molar-refractivity contribution in [1.82, 2.24) is 29.9 Å². The zero-order valence-corrected chi connectivity index (χ0v) is 27.4. The summed E-state index contributed by atoms with van der Waals surface area (Å²) in [7, 11) is 0. The van der Waals surface area contributed by atoms with Gasteiger partial charge >= 0.3 is 0 Å². The number of aromatic hydroxyl groups is 2. The Morgan fingerprint density at radius 3 is 1.24 bits per heavy atom. The van der Waals surface area contributed by atoms with Gasteiger partial charge in [0.15, 0.2) is 0 Å². The van der Waals surface area contributed by atoms with Gasteiger partial charge in [-0.2, -0.15) is 21.0 Å². The van der Waals surface area contributed by atoms with Crippen molar-refractivity contribution in [2.45, 2.75) is 21.6 Å². The topological polar surface area (TPSA) is 271 Å².